The third-order valence-electron chi connectivity index (χ3n) is 3.39. The molecule has 0 amide bonds. The second-order valence-corrected chi connectivity index (χ2v) is 5.61. The van der Waals surface area contributed by atoms with Crippen molar-refractivity contribution in [1.29, 1.82) is 0 Å². The van der Waals surface area contributed by atoms with E-state index in [1.165, 1.54) is 18.9 Å². The van der Waals surface area contributed by atoms with E-state index in [0.717, 1.165) is 29.4 Å². The molecule has 2 rings (SSSR count). The van der Waals surface area contributed by atoms with Gasteiger partial charge < -0.3 is 5.32 Å². The van der Waals surface area contributed by atoms with Gasteiger partial charge in [-0.3, -0.25) is 0 Å². The van der Waals surface area contributed by atoms with Crippen LogP contribution < -0.4 is 5.32 Å². The average Bonchev–Trinajstić information content (AvgIpc) is 2.48. The summed E-state index contributed by atoms with van der Waals surface area (Å²) in [6.45, 7) is 3.08. The second kappa shape index (κ2) is 4.84. The molecule has 0 bridgehead atoms. The van der Waals surface area contributed by atoms with E-state index in [1.54, 1.807) is 6.07 Å². The van der Waals surface area contributed by atoms with Gasteiger partial charge in [0.15, 0.2) is 0 Å². The Labute approximate surface area is 105 Å². The van der Waals surface area contributed by atoms with Gasteiger partial charge in [0.05, 0.1) is 0 Å². The summed E-state index contributed by atoms with van der Waals surface area (Å²) in [5, 5.41) is 3.48. The van der Waals surface area contributed by atoms with E-state index in [9.17, 15) is 4.39 Å². The number of hydrogen-bond acceptors (Lipinski definition) is 1. The van der Waals surface area contributed by atoms with Crippen molar-refractivity contribution in [3.63, 3.8) is 0 Å². The molecule has 1 fully saturated rings. The maximum Gasteiger partial charge on any atom is 0.128 e. The number of hydrogen-bond donors (Lipinski definition) is 1. The van der Waals surface area contributed by atoms with Crippen molar-refractivity contribution < 1.29 is 4.39 Å². The SMILES string of the molecule is CC1(c2cc(Br)ccc2F)CCCCCN1. The van der Waals surface area contributed by atoms with E-state index < -0.39 is 0 Å². The molecule has 1 saturated heterocycles. The molecule has 1 aromatic carbocycles. The zero-order valence-corrected chi connectivity index (χ0v) is 11.1. The Balaban J connectivity index is 2.36. The van der Waals surface area contributed by atoms with Gasteiger partial charge in [-0.2, -0.15) is 0 Å². The molecule has 3 heteroatoms. The molecule has 1 aliphatic heterocycles. The fourth-order valence-corrected chi connectivity index (χ4v) is 2.74. The van der Waals surface area contributed by atoms with Crippen molar-refractivity contribution in [2.45, 2.75) is 38.1 Å². The van der Waals surface area contributed by atoms with Gasteiger partial charge in [0.1, 0.15) is 5.82 Å². The highest BCUT2D eigenvalue weighted by Crippen LogP contribution is 2.32. The number of halogens is 2. The molecule has 0 saturated carbocycles. The Morgan fingerprint density at radius 1 is 1.31 bits per heavy atom. The zero-order valence-electron chi connectivity index (χ0n) is 9.52. The summed E-state index contributed by atoms with van der Waals surface area (Å²) in [5.74, 6) is -0.111. The van der Waals surface area contributed by atoms with Crippen LogP contribution in [-0.4, -0.2) is 6.54 Å². The maximum atomic E-state index is 13.9. The maximum absolute atomic E-state index is 13.9. The first-order chi connectivity index (χ1) is 7.62. The Bertz CT molecular complexity index is 370. The lowest BCUT2D eigenvalue weighted by atomic mass is 9.87. The van der Waals surface area contributed by atoms with Crippen molar-refractivity contribution in [1.82, 2.24) is 5.32 Å². The van der Waals surface area contributed by atoms with Gasteiger partial charge in [-0.15, -0.1) is 0 Å². The first-order valence-corrected chi connectivity index (χ1v) is 6.62. The van der Waals surface area contributed by atoms with Gasteiger partial charge in [0.25, 0.3) is 0 Å². The van der Waals surface area contributed by atoms with Gasteiger partial charge in [0.2, 0.25) is 0 Å². The lowest BCUT2D eigenvalue weighted by Crippen LogP contribution is -2.39. The Kier molecular flexibility index (Phi) is 3.65. The highest BCUT2D eigenvalue weighted by molar-refractivity contribution is 9.10. The Morgan fingerprint density at radius 2 is 2.12 bits per heavy atom. The van der Waals surface area contributed by atoms with E-state index in [1.807, 2.05) is 6.07 Å². The van der Waals surface area contributed by atoms with Gasteiger partial charge in [0, 0.05) is 15.6 Å². The predicted molar refractivity (Wildman–Crippen MR) is 67.9 cm³/mol. The van der Waals surface area contributed by atoms with E-state index >= 15 is 0 Å². The van der Waals surface area contributed by atoms with Crippen molar-refractivity contribution >= 4 is 15.9 Å². The Morgan fingerprint density at radius 3 is 2.94 bits per heavy atom. The first kappa shape index (κ1) is 12.1. The number of benzene rings is 1. The summed E-state index contributed by atoms with van der Waals surface area (Å²) in [5.41, 5.74) is 0.563. The molecular weight excluding hydrogens is 269 g/mol. The molecule has 1 aromatic rings. The standard InChI is InChI=1S/C13H17BrFN/c1-13(7-3-2-4-8-16-13)11-9-10(14)5-6-12(11)15/h5-6,9,16H,2-4,7-8H2,1H3. The lowest BCUT2D eigenvalue weighted by molar-refractivity contribution is 0.344. The van der Waals surface area contributed by atoms with Crippen LogP contribution in [-0.2, 0) is 5.54 Å². The molecule has 88 valence electrons. The highest BCUT2D eigenvalue weighted by atomic mass is 79.9. The first-order valence-electron chi connectivity index (χ1n) is 5.82. The van der Waals surface area contributed by atoms with Crippen LogP contribution in [0.25, 0.3) is 0 Å². The van der Waals surface area contributed by atoms with Crippen LogP contribution in [0.3, 0.4) is 0 Å². The summed E-state index contributed by atoms with van der Waals surface area (Å²) >= 11 is 3.41. The number of nitrogens with one attached hydrogen (secondary N) is 1. The summed E-state index contributed by atoms with van der Waals surface area (Å²) in [6.07, 6.45) is 4.58. The van der Waals surface area contributed by atoms with Crippen molar-refractivity contribution in [3.8, 4) is 0 Å². The summed E-state index contributed by atoms with van der Waals surface area (Å²) in [7, 11) is 0. The van der Waals surface area contributed by atoms with E-state index in [4.69, 9.17) is 0 Å². The molecular formula is C13H17BrFN. The smallest absolute Gasteiger partial charge is 0.128 e. The quantitative estimate of drug-likeness (QED) is 0.823. The fraction of sp³-hybridized carbons (Fsp3) is 0.538. The van der Waals surface area contributed by atoms with Gasteiger partial charge >= 0.3 is 0 Å². The molecule has 0 aliphatic carbocycles. The van der Waals surface area contributed by atoms with Crippen LogP contribution >= 0.6 is 15.9 Å². The van der Waals surface area contributed by atoms with Crippen LogP contribution in [0.5, 0.6) is 0 Å². The fourth-order valence-electron chi connectivity index (χ4n) is 2.38. The van der Waals surface area contributed by atoms with Crippen molar-refractivity contribution in [3.05, 3.63) is 34.1 Å². The van der Waals surface area contributed by atoms with E-state index in [2.05, 4.69) is 28.2 Å². The van der Waals surface area contributed by atoms with Crippen molar-refractivity contribution in [2.24, 2.45) is 0 Å². The summed E-state index contributed by atoms with van der Waals surface area (Å²) in [6, 6.07) is 5.18. The molecule has 1 N–H and O–H groups in total. The molecule has 1 atom stereocenters. The third-order valence-corrected chi connectivity index (χ3v) is 3.88. The highest BCUT2D eigenvalue weighted by Gasteiger charge is 2.29. The van der Waals surface area contributed by atoms with Crippen LogP contribution in [0.4, 0.5) is 4.39 Å². The molecule has 1 heterocycles. The average molecular weight is 286 g/mol. The zero-order chi connectivity index (χ0) is 11.6. The minimum Gasteiger partial charge on any atom is -0.308 e. The van der Waals surface area contributed by atoms with Crippen LogP contribution in [0.15, 0.2) is 22.7 Å². The molecule has 1 aliphatic rings. The second-order valence-electron chi connectivity index (χ2n) is 4.69. The molecule has 0 radical (unpaired) electrons. The molecule has 1 nitrogen and oxygen atoms in total. The molecule has 1 unspecified atom stereocenters. The predicted octanol–water partition coefficient (Wildman–Crippen LogP) is 3.97. The van der Waals surface area contributed by atoms with Gasteiger partial charge in [-0.05, 0) is 44.5 Å². The monoisotopic (exact) mass is 285 g/mol. The largest absolute Gasteiger partial charge is 0.308 e. The summed E-state index contributed by atoms with van der Waals surface area (Å²) in [4.78, 5) is 0. The molecule has 0 aromatic heterocycles. The number of rotatable bonds is 1. The summed E-state index contributed by atoms with van der Waals surface area (Å²) < 4.78 is 14.8. The van der Waals surface area contributed by atoms with Crippen LogP contribution in [0.1, 0.15) is 38.2 Å². The minimum atomic E-state index is -0.218. The topological polar surface area (TPSA) is 12.0 Å². The van der Waals surface area contributed by atoms with Crippen LogP contribution in [0.2, 0.25) is 0 Å². The lowest BCUT2D eigenvalue weighted by Gasteiger charge is -2.30. The van der Waals surface area contributed by atoms with Gasteiger partial charge in [-0.25, -0.2) is 4.39 Å². The molecule has 16 heavy (non-hydrogen) atoms. The molecule has 0 spiro atoms. The van der Waals surface area contributed by atoms with Crippen molar-refractivity contribution in [2.75, 3.05) is 6.54 Å². The third kappa shape index (κ3) is 2.46. The minimum absolute atomic E-state index is 0.111. The van der Waals surface area contributed by atoms with Crippen LogP contribution in [0, 0.1) is 5.82 Å². The van der Waals surface area contributed by atoms with E-state index in [0.29, 0.717) is 0 Å². The van der Waals surface area contributed by atoms with Gasteiger partial charge in [-0.1, -0.05) is 28.8 Å². The normalized spacial score (nSPS) is 26.4. The Hall–Kier alpha value is -0.410. The van der Waals surface area contributed by atoms with E-state index in [-0.39, 0.29) is 11.4 Å².